The first kappa shape index (κ1) is 19.5. The van der Waals surface area contributed by atoms with E-state index in [1.165, 1.54) is 38.6 Å². The summed E-state index contributed by atoms with van der Waals surface area (Å²) in [6, 6.07) is 7.23. The summed E-state index contributed by atoms with van der Waals surface area (Å²) >= 11 is 0. The van der Waals surface area contributed by atoms with Crippen molar-refractivity contribution in [3.8, 4) is 11.5 Å². The van der Waals surface area contributed by atoms with E-state index in [-0.39, 0.29) is 30.0 Å². The fourth-order valence-corrected chi connectivity index (χ4v) is 3.19. The van der Waals surface area contributed by atoms with Crippen molar-refractivity contribution in [2.45, 2.75) is 6.04 Å². The lowest BCUT2D eigenvalue weighted by atomic mass is 9.98. The van der Waals surface area contributed by atoms with E-state index in [2.05, 4.69) is 0 Å². The number of nitrogens with zero attached hydrogens (tertiary/aromatic N) is 1. The number of ether oxygens (including phenoxy) is 3. The summed E-state index contributed by atoms with van der Waals surface area (Å²) in [6.07, 6.45) is 1.44. The van der Waals surface area contributed by atoms with Gasteiger partial charge >= 0.3 is 0 Å². The van der Waals surface area contributed by atoms with Gasteiger partial charge in [0.25, 0.3) is 11.7 Å². The third-order valence-electron chi connectivity index (χ3n) is 4.55. The maximum Gasteiger partial charge on any atom is 0.295 e. The normalized spacial score (nSPS) is 18.5. The highest BCUT2D eigenvalue weighted by Crippen LogP contribution is 2.41. The molecule has 1 N–H and O–H groups in total. The molecule has 1 aromatic heterocycles. The van der Waals surface area contributed by atoms with E-state index in [0.717, 1.165) is 0 Å². The van der Waals surface area contributed by atoms with Crippen molar-refractivity contribution in [2.75, 3.05) is 34.5 Å². The Kier molecular flexibility index (Phi) is 5.70. The van der Waals surface area contributed by atoms with Gasteiger partial charge in [-0.1, -0.05) is 0 Å². The number of benzene rings is 1. The Balaban J connectivity index is 2.19. The molecule has 1 aliphatic heterocycles. The Bertz CT molecular complexity index is 901. The molecule has 1 amide bonds. The minimum Gasteiger partial charge on any atom is -0.507 e. The Hall–Kier alpha value is -3.26. The Morgan fingerprint density at radius 3 is 2.57 bits per heavy atom. The number of carbonyl (C=O) groups excluding carboxylic acids is 2. The number of Topliss-reactive ketones (excluding diaryl/α,β-unsaturated/α-hetero) is 1. The first-order chi connectivity index (χ1) is 13.5. The molecule has 148 valence electrons. The molecule has 1 aromatic carbocycles. The number of aliphatic hydroxyl groups is 1. The first-order valence-electron chi connectivity index (χ1n) is 8.56. The molecule has 1 fully saturated rings. The SMILES string of the molecule is COCCN1C(=O)C(=O)/C(=C(\O)c2cc(OC)ccc2OC)C1c1ccco1. The van der Waals surface area contributed by atoms with Crippen LogP contribution in [-0.4, -0.2) is 56.2 Å². The molecule has 0 radical (unpaired) electrons. The second-order valence-electron chi connectivity index (χ2n) is 6.07. The molecule has 3 rings (SSSR count). The van der Waals surface area contributed by atoms with Crippen LogP contribution in [0.2, 0.25) is 0 Å². The number of rotatable bonds is 7. The van der Waals surface area contributed by atoms with E-state index < -0.39 is 17.7 Å². The van der Waals surface area contributed by atoms with Crippen molar-refractivity contribution in [3.05, 3.63) is 53.5 Å². The summed E-state index contributed by atoms with van der Waals surface area (Å²) in [5.74, 6) is -0.749. The van der Waals surface area contributed by atoms with Crippen LogP contribution in [0, 0.1) is 0 Å². The molecule has 0 bridgehead atoms. The minimum atomic E-state index is -0.874. The van der Waals surface area contributed by atoms with E-state index in [1.54, 1.807) is 24.3 Å². The molecule has 0 aliphatic carbocycles. The van der Waals surface area contributed by atoms with E-state index in [4.69, 9.17) is 18.6 Å². The molecule has 8 nitrogen and oxygen atoms in total. The highest BCUT2D eigenvalue weighted by Gasteiger charge is 2.47. The minimum absolute atomic E-state index is 0.0809. The van der Waals surface area contributed by atoms with Crippen LogP contribution < -0.4 is 9.47 Å². The van der Waals surface area contributed by atoms with Crippen LogP contribution >= 0.6 is 0 Å². The summed E-state index contributed by atoms with van der Waals surface area (Å²) in [7, 11) is 4.43. The Labute approximate surface area is 161 Å². The van der Waals surface area contributed by atoms with Gasteiger partial charge in [-0.25, -0.2) is 0 Å². The van der Waals surface area contributed by atoms with Crippen LogP contribution in [0.1, 0.15) is 17.4 Å². The molecule has 1 aliphatic rings. The number of ketones is 1. The molecule has 0 saturated carbocycles. The molecular weight excluding hydrogens is 366 g/mol. The summed E-state index contributed by atoms with van der Waals surface area (Å²) in [5.41, 5.74) is 0.158. The Morgan fingerprint density at radius 2 is 1.96 bits per heavy atom. The van der Waals surface area contributed by atoms with Crippen LogP contribution in [-0.2, 0) is 14.3 Å². The van der Waals surface area contributed by atoms with E-state index in [9.17, 15) is 14.7 Å². The zero-order chi connectivity index (χ0) is 20.3. The van der Waals surface area contributed by atoms with Crippen LogP contribution in [0.4, 0.5) is 0 Å². The van der Waals surface area contributed by atoms with Crippen molar-refractivity contribution in [3.63, 3.8) is 0 Å². The molecule has 2 heterocycles. The van der Waals surface area contributed by atoms with Crippen molar-refractivity contribution >= 4 is 17.4 Å². The number of furan rings is 1. The third-order valence-corrected chi connectivity index (χ3v) is 4.55. The summed E-state index contributed by atoms with van der Waals surface area (Å²) in [6.45, 7) is 0.394. The molecule has 2 aromatic rings. The maximum atomic E-state index is 12.8. The predicted octanol–water partition coefficient (Wildman–Crippen LogP) is 2.36. The highest BCUT2D eigenvalue weighted by molar-refractivity contribution is 6.46. The van der Waals surface area contributed by atoms with Gasteiger partial charge in [0.1, 0.15) is 29.1 Å². The largest absolute Gasteiger partial charge is 0.507 e. The first-order valence-corrected chi connectivity index (χ1v) is 8.56. The average molecular weight is 387 g/mol. The summed E-state index contributed by atoms with van der Waals surface area (Å²) in [4.78, 5) is 26.7. The lowest BCUT2D eigenvalue weighted by molar-refractivity contribution is -0.140. The van der Waals surface area contributed by atoms with Gasteiger partial charge in [0.2, 0.25) is 0 Å². The third kappa shape index (κ3) is 3.34. The summed E-state index contributed by atoms with van der Waals surface area (Å²) in [5, 5.41) is 11.0. The zero-order valence-electron chi connectivity index (χ0n) is 15.8. The number of amides is 1. The number of hydrogen-bond acceptors (Lipinski definition) is 7. The van der Waals surface area contributed by atoms with Gasteiger partial charge in [0.05, 0.1) is 38.2 Å². The van der Waals surface area contributed by atoms with Crippen LogP contribution in [0.3, 0.4) is 0 Å². The predicted molar refractivity (Wildman–Crippen MR) is 99.1 cm³/mol. The van der Waals surface area contributed by atoms with Crippen molar-refractivity contribution < 1.29 is 33.3 Å². The molecule has 8 heteroatoms. The van der Waals surface area contributed by atoms with Crippen molar-refractivity contribution in [1.29, 1.82) is 0 Å². The van der Waals surface area contributed by atoms with Gasteiger partial charge < -0.3 is 28.6 Å². The van der Waals surface area contributed by atoms with E-state index in [1.807, 2.05) is 0 Å². The summed E-state index contributed by atoms with van der Waals surface area (Å²) < 4.78 is 21.0. The molecule has 1 unspecified atom stereocenters. The van der Waals surface area contributed by atoms with Crippen LogP contribution in [0.15, 0.2) is 46.6 Å². The second-order valence-corrected chi connectivity index (χ2v) is 6.07. The average Bonchev–Trinajstić information content (AvgIpc) is 3.33. The lowest BCUT2D eigenvalue weighted by Gasteiger charge is -2.23. The van der Waals surface area contributed by atoms with Crippen LogP contribution in [0.5, 0.6) is 11.5 Å². The monoisotopic (exact) mass is 387 g/mol. The molecule has 0 spiro atoms. The molecule has 1 saturated heterocycles. The van der Waals surface area contributed by atoms with Crippen molar-refractivity contribution in [1.82, 2.24) is 4.90 Å². The quantitative estimate of drug-likeness (QED) is 0.442. The lowest BCUT2D eigenvalue weighted by Crippen LogP contribution is -2.32. The van der Waals surface area contributed by atoms with E-state index in [0.29, 0.717) is 17.3 Å². The molecular formula is C20H21NO7. The highest BCUT2D eigenvalue weighted by atomic mass is 16.5. The number of likely N-dealkylation sites (tertiary alicyclic amines) is 1. The van der Waals surface area contributed by atoms with Gasteiger partial charge in [-0.05, 0) is 30.3 Å². The number of hydrogen-bond donors (Lipinski definition) is 1. The molecule has 28 heavy (non-hydrogen) atoms. The van der Waals surface area contributed by atoms with Gasteiger partial charge in [0, 0.05) is 13.7 Å². The fourth-order valence-electron chi connectivity index (χ4n) is 3.19. The van der Waals surface area contributed by atoms with Gasteiger partial charge in [-0.3, -0.25) is 9.59 Å². The van der Waals surface area contributed by atoms with Crippen molar-refractivity contribution in [2.24, 2.45) is 0 Å². The fraction of sp³-hybridized carbons (Fsp3) is 0.300. The standard InChI is InChI=1S/C20H21NO7/c1-25-10-8-21-17(15-5-4-9-28-15)16(19(23)20(21)24)18(22)13-11-12(26-2)6-7-14(13)27-3/h4-7,9,11,17,22H,8,10H2,1-3H3/b18-16-. The zero-order valence-corrected chi connectivity index (χ0v) is 15.8. The topological polar surface area (TPSA) is 98.4 Å². The second kappa shape index (κ2) is 8.18. The van der Waals surface area contributed by atoms with Gasteiger partial charge in [0.15, 0.2) is 0 Å². The van der Waals surface area contributed by atoms with E-state index >= 15 is 0 Å². The Morgan fingerprint density at radius 1 is 1.18 bits per heavy atom. The van der Waals surface area contributed by atoms with Gasteiger partial charge in [-0.15, -0.1) is 0 Å². The smallest absolute Gasteiger partial charge is 0.295 e. The molecule has 1 atom stereocenters. The van der Waals surface area contributed by atoms with Crippen LogP contribution in [0.25, 0.3) is 5.76 Å². The number of aliphatic hydroxyl groups excluding tert-OH is 1. The number of carbonyl (C=O) groups is 2. The maximum absolute atomic E-state index is 12.8. The number of methoxy groups -OCH3 is 3. The van der Waals surface area contributed by atoms with Gasteiger partial charge in [-0.2, -0.15) is 0 Å².